The van der Waals surface area contributed by atoms with Crippen molar-refractivity contribution in [2.75, 3.05) is 13.2 Å². The van der Waals surface area contributed by atoms with Crippen molar-refractivity contribution in [2.45, 2.75) is 65.5 Å². The van der Waals surface area contributed by atoms with Crippen LogP contribution in [0.5, 0.6) is 0 Å². The lowest BCUT2D eigenvalue weighted by Gasteiger charge is -2.35. The molecule has 2 N–H and O–H groups in total. The molecule has 2 rings (SSSR count). The van der Waals surface area contributed by atoms with Crippen LogP contribution in [0.2, 0.25) is 0 Å². The van der Waals surface area contributed by atoms with Crippen LogP contribution in [0.4, 0.5) is 0 Å². The SMILES string of the molecule is CC[C@@H]1CCCCN1C(=O)COC(=O)c1[nH]c(C)c([C@H](C)O)c1C. The van der Waals surface area contributed by atoms with Crippen LogP contribution in [0.1, 0.15) is 72.9 Å². The van der Waals surface area contributed by atoms with Gasteiger partial charge in [0, 0.05) is 23.8 Å². The Labute approximate surface area is 143 Å². The maximum Gasteiger partial charge on any atom is 0.355 e. The van der Waals surface area contributed by atoms with Gasteiger partial charge in [-0.2, -0.15) is 0 Å². The molecule has 24 heavy (non-hydrogen) atoms. The van der Waals surface area contributed by atoms with Crippen LogP contribution >= 0.6 is 0 Å². The highest BCUT2D eigenvalue weighted by Crippen LogP contribution is 2.25. The number of esters is 1. The zero-order valence-corrected chi connectivity index (χ0v) is 15.0. The van der Waals surface area contributed by atoms with Gasteiger partial charge in [-0.25, -0.2) is 4.79 Å². The molecule has 1 fully saturated rings. The van der Waals surface area contributed by atoms with E-state index in [0.717, 1.165) is 37.9 Å². The highest BCUT2D eigenvalue weighted by Gasteiger charge is 2.27. The largest absolute Gasteiger partial charge is 0.451 e. The minimum Gasteiger partial charge on any atom is -0.451 e. The molecule has 6 nitrogen and oxygen atoms in total. The fourth-order valence-electron chi connectivity index (χ4n) is 3.63. The predicted molar refractivity (Wildman–Crippen MR) is 90.8 cm³/mol. The molecular formula is C18H28N2O4. The number of nitrogens with zero attached hydrogens (tertiary/aromatic N) is 1. The third-order valence-electron chi connectivity index (χ3n) is 4.86. The molecule has 1 aromatic heterocycles. The van der Waals surface area contributed by atoms with Crippen LogP contribution in [0.3, 0.4) is 0 Å². The number of aromatic amines is 1. The fourth-order valence-corrected chi connectivity index (χ4v) is 3.63. The van der Waals surface area contributed by atoms with Crippen LogP contribution in [0.25, 0.3) is 0 Å². The third kappa shape index (κ3) is 3.80. The van der Waals surface area contributed by atoms with E-state index in [1.807, 2.05) is 4.90 Å². The lowest BCUT2D eigenvalue weighted by Crippen LogP contribution is -2.45. The second kappa shape index (κ2) is 7.83. The van der Waals surface area contributed by atoms with Crippen molar-refractivity contribution in [3.63, 3.8) is 0 Å². The minimum atomic E-state index is -0.664. The van der Waals surface area contributed by atoms with Gasteiger partial charge in [-0.05, 0) is 52.0 Å². The molecule has 0 saturated carbocycles. The number of hydrogen-bond acceptors (Lipinski definition) is 4. The Morgan fingerprint density at radius 3 is 2.67 bits per heavy atom. The van der Waals surface area contributed by atoms with E-state index < -0.39 is 12.1 Å². The Balaban J connectivity index is 2.00. The van der Waals surface area contributed by atoms with Crippen molar-refractivity contribution < 1.29 is 19.4 Å². The maximum atomic E-state index is 12.4. The third-order valence-corrected chi connectivity index (χ3v) is 4.86. The maximum absolute atomic E-state index is 12.4. The summed E-state index contributed by atoms with van der Waals surface area (Å²) in [4.78, 5) is 29.4. The van der Waals surface area contributed by atoms with Crippen LogP contribution in [-0.4, -0.2) is 46.1 Å². The Morgan fingerprint density at radius 1 is 1.38 bits per heavy atom. The number of hydrogen-bond donors (Lipinski definition) is 2. The number of piperidine rings is 1. The van der Waals surface area contributed by atoms with Crippen LogP contribution in [0, 0.1) is 13.8 Å². The number of H-pyrrole nitrogens is 1. The average Bonchev–Trinajstić information content (AvgIpc) is 2.86. The van der Waals surface area contributed by atoms with Crippen LogP contribution < -0.4 is 0 Å². The zero-order chi connectivity index (χ0) is 17.9. The van der Waals surface area contributed by atoms with E-state index in [4.69, 9.17) is 4.74 Å². The Kier molecular flexibility index (Phi) is 6.04. The molecule has 1 aliphatic heterocycles. The molecule has 1 saturated heterocycles. The Morgan fingerprint density at radius 2 is 2.08 bits per heavy atom. The van der Waals surface area contributed by atoms with Crippen molar-refractivity contribution >= 4 is 11.9 Å². The number of ether oxygens (including phenoxy) is 1. The van der Waals surface area contributed by atoms with Gasteiger partial charge in [0.05, 0.1) is 6.10 Å². The van der Waals surface area contributed by atoms with E-state index in [1.54, 1.807) is 20.8 Å². The number of aromatic nitrogens is 1. The first-order valence-corrected chi connectivity index (χ1v) is 8.70. The molecule has 1 amide bonds. The van der Waals surface area contributed by atoms with Gasteiger partial charge in [0.15, 0.2) is 6.61 Å². The number of aliphatic hydroxyl groups excluding tert-OH is 1. The van der Waals surface area contributed by atoms with Crippen LogP contribution in [0.15, 0.2) is 0 Å². The Hall–Kier alpha value is -1.82. The van der Waals surface area contributed by atoms with E-state index in [2.05, 4.69) is 11.9 Å². The molecular weight excluding hydrogens is 308 g/mol. The topological polar surface area (TPSA) is 82.6 Å². The normalized spacial score (nSPS) is 19.2. The number of carbonyl (C=O) groups excluding carboxylic acids is 2. The summed E-state index contributed by atoms with van der Waals surface area (Å²) in [5.74, 6) is -0.688. The van der Waals surface area contributed by atoms with E-state index in [0.29, 0.717) is 16.8 Å². The van der Waals surface area contributed by atoms with Crippen molar-refractivity contribution in [3.05, 3.63) is 22.5 Å². The van der Waals surface area contributed by atoms with Gasteiger partial charge >= 0.3 is 5.97 Å². The quantitative estimate of drug-likeness (QED) is 0.810. The van der Waals surface area contributed by atoms with Crippen molar-refractivity contribution in [1.82, 2.24) is 9.88 Å². The summed E-state index contributed by atoms with van der Waals surface area (Å²) in [5.41, 5.74) is 2.42. The summed E-state index contributed by atoms with van der Waals surface area (Å²) in [6, 6.07) is 0.251. The summed E-state index contributed by atoms with van der Waals surface area (Å²) >= 11 is 0. The lowest BCUT2D eigenvalue weighted by atomic mass is 10.00. The van der Waals surface area contributed by atoms with Gasteiger partial charge in [0.2, 0.25) is 0 Å². The van der Waals surface area contributed by atoms with Gasteiger partial charge < -0.3 is 19.7 Å². The molecule has 1 aliphatic rings. The predicted octanol–water partition coefficient (Wildman–Crippen LogP) is 2.63. The standard InChI is InChI=1S/C18H28N2O4/c1-5-14-8-6-7-9-20(14)15(22)10-24-18(23)17-11(2)16(13(4)21)12(3)19-17/h13-14,19,21H,5-10H2,1-4H3/t13-,14+/m0/s1. The van der Waals surface area contributed by atoms with E-state index in [-0.39, 0.29) is 18.6 Å². The van der Waals surface area contributed by atoms with Gasteiger partial charge in [0.25, 0.3) is 5.91 Å². The summed E-state index contributed by atoms with van der Waals surface area (Å²) in [6.07, 6.45) is 3.42. The first-order valence-electron chi connectivity index (χ1n) is 8.70. The first-order chi connectivity index (χ1) is 11.4. The highest BCUT2D eigenvalue weighted by molar-refractivity contribution is 5.91. The molecule has 0 bridgehead atoms. The molecule has 0 radical (unpaired) electrons. The number of rotatable bonds is 5. The molecule has 6 heteroatoms. The van der Waals surface area contributed by atoms with E-state index in [1.165, 1.54) is 0 Å². The zero-order valence-electron chi connectivity index (χ0n) is 15.0. The van der Waals surface area contributed by atoms with Gasteiger partial charge in [-0.1, -0.05) is 6.92 Å². The monoisotopic (exact) mass is 336 g/mol. The lowest BCUT2D eigenvalue weighted by molar-refractivity contribution is -0.138. The van der Waals surface area contributed by atoms with Gasteiger partial charge in [-0.3, -0.25) is 4.79 Å². The average molecular weight is 336 g/mol. The van der Waals surface area contributed by atoms with E-state index in [9.17, 15) is 14.7 Å². The molecule has 1 aromatic rings. The minimum absolute atomic E-state index is 0.133. The number of aliphatic hydroxyl groups is 1. The molecule has 0 spiro atoms. The summed E-state index contributed by atoms with van der Waals surface area (Å²) in [6.45, 7) is 7.80. The molecule has 0 aromatic carbocycles. The number of amides is 1. The van der Waals surface area contributed by atoms with Gasteiger partial charge in [0.1, 0.15) is 5.69 Å². The molecule has 2 atom stereocenters. The summed E-state index contributed by atoms with van der Waals surface area (Å²) in [5, 5.41) is 9.79. The molecule has 0 aliphatic carbocycles. The number of carbonyl (C=O) groups is 2. The molecule has 0 unspecified atom stereocenters. The Bertz CT molecular complexity index is 606. The van der Waals surface area contributed by atoms with Crippen molar-refractivity contribution in [2.24, 2.45) is 0 Å². The highest BCUT2D eigenvalue weighted by atomic mass is 16.5. The van der Waals surface area contributed by atoms with Crippen molar-refractivity contribution in [1.29, 1.82) is 0 Å². The van der Waals surface area contributed by atoms with Crippen molar-refractivity contribution in [3.8, 4) is 0 Å². The van der Waals surface area contributed by atoms with Gasteiger partial charge in [-0.15, -0.1) is 0 Å². The number of aryl methyl sites for hydroxylation is 1. The smallest absolute Gasteiger partial charge is 0.355 e. The molecule has 134 valence electrons. The first kappa shape index (κ1) is 18.5. The molecule has 2 heterocycles. The second-order valence-corrected chi connectivity index (χ2v) is 6.56. The van der Waals surface area contributed by atoms with Crippen LogP contribution in [-0.2, 0) is 9.53 Å². The summed E-state index contributed by atoms with van der Waals surface area (Å²) < 4.78 is 5.22. The second-order valence-electron chi connectivity index (χ2n) is 6.56. The van der Waals surface area contributed by atoms with E-state index >= 15 is 0 Å². The number of nitrogens with one attached hydrogen (secondary N) is 1. The summed E-state index contributed by atoms with van der Waals surface area (Å²) in [7, 11) is 0. The fraction of sp³-hybridized carbons (Fsp3) is 0.667. The number of likely N-dealkylation sites (tertiary alicyclic amines) is 1.